The highest BCUT2D eigenvalue weighted by Gasteiger charge is 2.23. The number of rotatable bonds is 3. The third kappa shape index (κ3) is 2.21. The summed E-state index contributed by atoms with van der Waals surface area (Å²) in [5.74, 6) is 2.35. The first kappa shape index (κ1) is 11.2. The molecule has 1 aromatic rings. The Bertz CT molecular complexity index is 386. The van der Waals surface area contributed by atoms with Gasteiger partial charge < -0.3 is 9.88 Å². The number of hydrogen-bond acceptors (Lipinski definition) is 4. The van der Waals surface area contributed by atoms with Crippen LogP contribution in [-0.2, 0) is 19.5 Å². The van der Waals surface area contributed by atoms with Crippen LogP contribution in [0.3, 0.4) is 0 Å². The molecule has 5 nitrogen and oxygen atoms in total. The average molecular weight is 235 g/mol. The van der Waals surface area contributed by atoms with Gasteiger partial charge in [-0.25, -0.2) is 0 Å². The molecule has 5 heteroatoms. The number of likely N-dealkylation sites (N-methyl/N-ethyl adjacent to an activating group) is 1. The van der Waals surface area contributed by atoms with Gasteiger partial charge in [-0.05, 0) is 26.3 Å². The van der Waals surface area contributed by atoms with Gasteiger partial charge in [0.1, 0.15) is 11.6 Å². The van der Waals surface area contributed by atoms with E-state index in [9.17, 15) is 0 Å². The molecular weight excluding hydrogens is 214 g/mol. The van der Waals surface area contributed by atoms with Crippen LogP contribution in [0.25, 0.3) is 0 Å². The number of nitrogens with zero attached hydrogens (tertiary/aromatic N) is 4. The van der Waals surface area contributed by atoms with E-state index in [-0.39, 0.29) is 0 Å². The number of likely N-dealkylation sites (tertiary alicyclic amines) is 1. The van der Waals surface area contributed by atoms with E-state index < -0.39 is 0 Å². The van der Waals surface area contributed by atoms with Gasteiger partial charge in [0.05, 0.1) is 6.54 Å². The summed E-state index contributed by atoms with van der Waals surface area (Å²) in [6.07, 6.45) is 4.89. The predicted molar refractivity (Wildman–Crippen MR) is 65.7 cm³/mol. The lowest BCUT2D eigenvalue weighted by molar-refractivity contribution is 0.305. The summed E-state index contributed by atoms with van der Waals surface area (Å²) in [5, 5.41) is 12.0. The fourth-order valence-electron chi connectivity index (χ4n) is 2.90. The largest absolute Gasteiger partial charge is 0.316 e. The summed E-state index contributed by atoms with van der Waals surface area (Å²) in [6, 6.07) is 0.652. The highest BCUT2D eigenvalue weighted by Crippen LogP contribution is 2.17. The van der Waals surface area contributed by atoms with Crippen molar-refractivity contribution < 1.29 is 0 Å². The van der Waals surface area contributed by atoms with Crippen LogP contribution >= 0.6 is 0 Å². The highest BCUT2D eigenvalue weighted by molar-refractivity contribution is 4.99. The Hall–Kier alpha value is -0.940. The van der Waals surface area contributed by atoms with E-state index in [2.05, 4.69) is 25.0 Å². The summed E-state index contributed by atoms with van der Waals surface area (Å²) in [7, 11) is 2.05. The van der Waals surface area contributed by atoms with Crippen molar-refractivity contribution in [3.63, 3.8) is 0 Å². The molecular formula is C12H21N5. The Kier molecular flexibility index (Phi) is 3.11. The molecule has 17 heavy (non-hydrogen) atoms. The van der Waals surface area contributed by atoms with Gasteiger partial charge in [0.15, 0.2) is 0 Å². The zero-order valence-corrected chi connectivity index (χ0v) is 10.5. The van der Waals surface area contributed by atoms with Crippen molar-refractivity contribution in [2.24, 2.45) is 0 Å². The standard InChI is InChI=1S/C12H21N5/c1-13-10-5-7-16(8-10)9-12-15-14-11-4-2-3-6-17(11)12/h10,13H,2-9H2,1H3. The van der Waals surface area contributed by atoms with Crippen LogP contribution in [0.2, 0.25) is 0 Å². The molecule has 1 N–H and O–H groups in total. The third-order valence-electron chi connectivity index (χ3n) is 3.98. The molecule has 0 amide bonds. The van der Waals surface area contributed by atoms with E-state index in [1.54, 1.807) is 0 Å². The molecule has 1 atom stereocenters. The monoisotopic (exact) mass is 235 g/mol. The molecule has 0 bridgehead atoms. The van der Waals surface area contributed by atoms with E-state index >= 15 is 0 Å². The molecule has 0 aliphatic carbocycles. The zero-order valence-electron chi connectivity index (χ0n) is 10.5. The van der Waals surface area contributed by atoms with Crippen molar-refractivity contribution in [1.29, 1.82) is 0 Å². The van der Waals surface area contributed by atoms with Gasteiger partial charge >= 0.3 is 0 Å². The molecule has 1 saturated heterocycles. The summed E-state index contributed by atoms with van der Waals surface area (Å²) < 4.78 is 2.33. The van der Waals surface area contributed by atoms with E-state index in [0.29, 0.717) is 6.04 Å². The van der Waals surface area contributed by atoms with Gasteiger partial charge in [0, 0.05) is 32.1 Å². The number of fused-ring (bicyclic) bond motifs is 1. The third-order valence-corrected chi connectivity index (χ3v) is 3.98. The Balaban J connectivity index is 1.67. The Labute approximate surface area is 102 Å². The maximum atomic E-state index is 4.36. The van der Waals surface area contributed by atoms with Crippen LogP contribution < -0.4 is 5.32 Å². The van der Waals surface area contributed by atoms with Crippen molar-refractivity contribution in [3.05, 3.63) is 11.6 Å². The SMILES string of the molecule is CNC1CCN(Cc2nnc3n2CCCC3)C1. The lowest BCUT2D eigenvalue weighted by Crippen LogP contribution is -2.30. The van der Waals surface area contributed by atoms with Crippen LogP contribution in [0.4, 0.5) is 0 Å². The molecule has 0 spiro atoms. The zero-order chi connectivity index (χ0) is 11.7. The maximum absolute atomic E-state index is 4.36. The van der Waals surface area contributed by atoms with Crippen LogP contribution in [-0.4, -0.2) is 45.8 Å². The molecule has 1 aromatic heterocycles. The molecule has 94 valence electrons. The predicted octanol–water partition coefficient (Wildman–Crippen LogP) is 0.408. The Morgan fingerprint density at radius 1 is 1.29 bits per heavy atom. The fourth-order valence-corrected chi connectivity index (χ4v) is 2.90. The Morgan fingerprint density at radius 2 is 2.24 bits per heavy atom. The fraction of sp³-hybridized carbons (Fsp3) is 0.833. The topological polar surface area (TPSA) is 46.0 Å². The smallest absolute Gasteiger partial charge is 0.147 e. The van der Waals surface area contributed by atoms with Crippen LogP contribution in [0, 0.1) is 0 Å². The molecule has 3 rings (SSSR count). The van der Waals surface area contributed by atoms with Crippen LogP contribution in [0.1, 0.15) is 30.9 Å². The quantitative estimate of drug-likeness (QED) is 0.824. The molecule has 3 heterocycles. The second kappa shape index (κ2) is 4.74. The van der Waals surface area contributed by atoms with E-state index in [0.717, 1.165) is 31.9 Å². The minimum Gasteiger partial charge on any atom is -0.316 e. The maximum Gasteiger partial charge on any atom is 0.147 e. The molecule has 0 aromatic carbocycles. The second-order valence-corrected chi connectivity index (χ2v) is 5.15. The Morgan fingerprint density at radius 3 is 3.06 bits per heavy atom. The van der Waals surface area contributed by atoms with E-state index in [1.165, 1.54) is 31.6 Å². The van der Waals surface area contributed by atoms with Gasteiger partial charge in [0.25, 0.3) is 0 Å². The summed E-state index contributed by atoms with van der Waals surface area (Å²) >= 11 is 0. The van der Waals surface area contributed by atoms with Crippen molar-refractivity contribution in [2.45, 2.75) is 44.8 Å². The minimum absolute atomic E-state index is 0.652. The highest BCUT2D eigenvalue weighted by atomic mass is 15.3. The number of aryl methyl sites for hydroxylation is 1. The first-order chi connectivity index (χ1) is 8.36. The van der Waals surface area contributed by atoms with Crippen molar-refractivity contribution in [3.8, 4) is 0 Å². The number of aromatic nitrogens is 3. The van der Waals surface area contributed by atoms with Gasteiger partial charge in [-0.2, -0.15) is 0 Å². The second-order valence-electron chi connectivity index (χ2n) is 5.15. The van der Waals surface area contributed by atoms with Gasteiger partial charge in [-0.3, -0.25) is 4.90 Å². The minimum atomic E-state index is 0.652. The molecule has 1 fully saturated rings. The van der Waals surface area contributed by atoms with Crippen LogP contribution in [0.15, 0.2) is 0 Å². The first-order valence-electron chi connectivity index (χ1n) is 6.67. The summed E-state index contributed by atoms with van der Waals surface area (Å²) in [5.41, 5.74) is 0. The van der Waals surface area contributed by atoms with Gasteiger partial charge in [-0.1, -0.05) is 0 Å². The van der Waals surface area contributed by atoms with Gasteiger partial charge in [-0.15, -0.1) is 10.2 Å². The molecule has 0 radical (unpaired) electrons. The van der Waals surface area contributed by atoms with Crippen molar-refractivity contribution >= 4 is 0 Å². The normalized spacial score (nSPS) is 25.1. The van der Waals surface area contributed by atoms with Crippen LogP contribution in [0.5, 0.6) is 0 Å². The summed E-state index contributed by atoms with van der Waals surface area (Å²) in [6.45, 7) is 4.39. The van der Waals surface area contributed by atoms with E-state index in [1.807, 2.05) is 7.05 Å². The molecule has 0 saturated carbocycles. The number of nitrogens with one attached hydrogen (secondary N) is 1. The molecule has 2 aliphatic heterocycles. The molecule has 2 aliphatic rings. The van der Waals surface area contributed by atoms with Gasteiger partial charge in [0.2, 0.25) is 0 Å². The summed E-state index contributed by atoms with van der Waals surface area (Å²) in [4.78, 5) is 2.48. The van der Waals surface area contributed by atoms with Crippen molar-refractivity contribution in [2.75, 3.05) is 20.1 Å². The average Bonchev–Trinajstić information content (AvgIpc) is 2.97. The van der Waals surface area contributed by atoms with E-state index in [4.69, 9.17) is 0 Å². The lowest BCUT2D eigenvalue weighted by Gasteiger charge is -2.18. The number of hydrogen-bond donors (Lipinski definition) is 1. The van der Waals surface area contributed by atoms with Crippen molar-refractivity contribution in [1.82, 2.24) is 25.0 Å². The lowest BCUT2D eigenvalue weighted by atomic mass is 10.2. The first-order valence-corrected chi connectivity index (χ1v) is 6.67. The molecule has 1 unspecified atom stereocenters.